The van der Waals surface area contributed by atoms with Gasteiger partial charge in [-0.2, -0.15) is 0 Å². The van der Waals surface area contributed by atoms with Crippen LogP contribution in [0.1, 0.15) is 24.0 Å². The van der Waals surface area contributed by atoms with Crippen molar-refractivity contribution in [3.63, 3.8) is 0 Å². The Bertz CT molecular complexity index is 880. The first-order chi connectivity index (χ1) is 10.6. The number of benzene rings is 1. The lowest BCUT2D eigenvalue weighted by molar-refractivity contribution is 0.415. The zero-order valence-electron chi connectivity index (χ0n) is 12.9. The fraction of sp³-hybridized carbons (Fsp3) is 0.294. The van der Waals surface area contributed by atoms with E-state index in [0.717, 1.165) is 45.3 Å². The molecule has 0 spiro atoms. The van der Waals surface area contributed by atoms with E-state index in [-0.39, 0.29) is 5.56 Å². The van der Waals surface area contributed by atoms with Gasteiger partial charge in [0.2, 0.25) is 0 Å². The number of rotatable bonds is 4. The Morgan fingerprint density at radius 1 is 1.36 bits per heavy atom. The molecule has 1 aromatic carbocycles. The molecule has 1 N–H and O–H groups in total. The summed E-state index contributed by atoms with van der Waals surface area (Å²) in [6, 6.07) is 7.78. The van der Waals surface area contributed by atoms with Crippen LogP contribution in [0.5, 0.6) is 5.75 Å². The van der Waals surface area contributed by atoms with Gasteiger partial charge in [-0.1, -0.05) is 19.1 Å². The molecule has 22 heavy (non-hydrogen) atoms. The van der Waals surface area contributed by atoms with Gasteiger partial charge in [-0.05, 0) is 31.0 Å². The van der Waals surface area contributed by atoms with Crippen molar-refractivity contribution in [1.29, 1.82) is 0 Å². The summed E-state index contributed by atoms with van der Waals surface area (Å²) in [5.41, 5.74) is 1.88. The van der Waals surface area contributed by atoms with Crippen LogP contribution in [0.2, 0.25) is 0 Å². The summed E-state index contributed by atoms with van der Waals surface area (Å²) in [4.78, 5) is 21.9. The molecule has 3 aromatic rings. The van der Waals surface area contributed by atoms with Crippen molar-refractivity contribution in [2.75, 3.05) is 7.11 Å². The Hall–Kier alpha value is -2.14. The van der Waals surface area contributed by atoms with E-state index in [1.807, 2.05) is 31.2 Å². The van der Waals surface area contributed by atoms with Crippen molar-refractivity contribution in [1.82, 2.24) is 9.97 Å². The maximum atomic E-state index is 12.5. The van der Waals surface area contributed by atoms with E-state index in [9.17, 15) is 4.79 Å². The topological polar surface area (TPSA) is 55.0 Å². The van der Waals surface area contributed by atoms with Crippen molar-refractivity contribution in [2.45, 2.75) is 26.7 Å². The number of nitrogens with one attached hydrogen (secondary N) is 1. The molecule has 0 atom stereocenters. The molecule has 0 aliphatic heterocycles. The van der Waals surface area contributed by atoms with Gasteiger partial charge in [-0.25, -0.2) is 4.98 Å². The third-order valence-electron chi connectivity index (χ3n) is 3.63. The average Bonchev–Trinajstić information content (AvgIpc) is 2.84. The van der Waals surface area contributed by atoms with Crippen LogP contribution in [0.15, 0.2) is 29.1 Å². The van der Waals surface area contributed by atoms with Gasteiger partial charge in [-0.3, -0.25) is 4.79 Å². The molecule has 0 fully saturated rings. The second-order valence-electron chi connectivity index (χ2n) is 5.21. The zero-order chi connectivity index (χ0) is 15.7. The minimum absolute atomic E-state index is 0.0596. The predicted octanol–water partition coefficient (Wildman–Crippen LogP) is 3.92. The van der Waals surface area contributed by atoms with Crippen LogP contribution in [0.4, 0.5) is 0 Å². The highest BCUT2D eigenvalue weighted by atomic mass is 32.1. The summed E-state index contributed by atoms with van der Waals surface area (Å²) in [6.45, 7) is 4.10. The highest BCUT2D eigenvalue weighted by Crippen LogP contribution is 2.36. The van der Waals surface area contributed by atoms with Gasteiger partial charge < -0.3 is 9.72 Å². The van der Waals surface area contributed by atoms with Crippen LogP contribution in [0.25, 0.3) is 21.3 Å². The number of hydrogen-bond donors (Lipinski definition) is 1. The first-order valence-electron chi connectivity index (χ1n) is 7.30. The quantitative estimate of drug-likeness (QED) is 0.794. The number of H-pyrrole nitrogens is 1. The lowest BCUT2D eigenvalue weighted by Gasteiger charge is -2.05. The number of aromatic amines is 1. The molecule has 0 saturated heterocycles. The molecule has 2 aromatic heterocycles. The summed E-state index contributed by atoms with van der Waals surface area (Å²) in [7, 11) is 1.64. The van der Waals surface area contributed by atoms with Crippen LogP contribution in [0.3, 0.4) is 0 Å². The SMILES string of the molecule is CCCc1nc2sc(C)c(-c3cccc(OC)c3)c2c(=O)[nH]1. The molecule has 0 aliphatic rings. The summed E-state index contributed by atoms with van der Waals surface area (Å²) in [5.74, 6) is 1.54. The zero-order valence-corrected chi connectivity index (χ0v) is 13.7. The summed E-state index contributed by atoms with van der Waals surface area (Å²) >= 11 is 1.57. The van der Waals surface area contributed by atoms with Gasteiger partial charge in [0.1, 0.15) is 16.4 Å². The minimum Gasteiger partial charge on any atom is -0.497 e. The fourth-order valence-electron chi connectivity index (χ4n) is 2.64. The van der Waals surface area contributed by atoms with Gasteiger partial charge >= 0.3 is 0 Å². The maximum Gasteiger partial charge on any atom is 0.260 e. The molecule has 3 rings (SSSR count). The molecular formula is C17H18N2O2S. The number of hydrogen-bond acceptors (Lipinski definition) is 4. The smallest absolute Gasteiger partial charge is 0.260 e. The van der Waals surface area contributed by atoms with Crippen LogP contribution in [0, 0.1) is 6.92 Å². The molecule has 0 amide bonds. The Morgan fingerprint density at radius 2 is 2.18 bits per heavy atom. The largest absolute Gasteiger partial charge is 0.497 e. The Balaban J connectivity index is 2.25. The van der Waals surface area contributed by atoms with Crippen LogP contribution < -0.4 is 10.3 Å². The number of ether oxygens (including phenoxy) is 1. The lowest BCUT2D eigenvalue weighted by atomic mass is 10.0. The highest BCUT2D eigenvalue weighted by molar-refractivity contribution is 7.19. The molecule has 5 heteroatoms. The standard InChI is InChI=1S/C17H18N2O2S/c1-4-6-13-18-16(20)15-14(10(2)22-17(15)19-13)11-7-5-8-12(9-11)21-3/h5,7-9H,4,6H2,1-3H3,(H,18,19,20). The van der Waals surface area contributed by atoms with Gasteiger partial charge in [0.15, 0.2) is 0 Å². The van der Waals surface area contributed by atoms with E-state index in [0.29, 0.717) is 5.39 Å². The second-order valence-corrected chi connectivity index (χ2v) is 6.41. The van der Waals surface area contributed by atoms with Crippen molar-refractivity contribution >= 4 is 21.6 Å². The number of fused-ring (bicyclic) bond motifs is 1. The molecule has 0 saturated carbocycles. The van der Waals surface area contributed by atoms with Crippen LogP contribution in [-0.4, -0.2) is 17.1 Å². The van der Waals surface area contributed by atoms with E-state index < -0.39 is 0 Å². The van der Waals surface area contributed by atoms with E-state index in [1.54, 1.807) is 18.4 Å². The molecular weight excluding hydrogens is 296 g/mol. The number of methoxy groups -OCH3 is 1. The number of thiophene rings is 1. The molecule has 4 nitrogen and oxygen atoms in total. The van der Waals surface area contributed by atoms with Gasteiger partial charge in [0, 0.05) is 16.9 Å². The van der Waals surface area contributed by atoms with Gasteiger partial charge in [-0.15, -0.1) is 11.3 Å². The highest BCUT2D eigenvalue weighted by Gasteiger charge is 2.16. The molecule has 0 bridgehead atoms. The summed E-state index contributed by atoms with van der Waals surface area (Å²) in [5, 5.41) is 0.676. The molecule has 114 valence electrons. The second kappa shape index (κ2) is 5.93. The van der Waals surface area contributed by atoms with Crippen molar-refractivity contribution in [3.05, 3.63) is 45.3 Å². The lowest BCUT2D eigenvalue weighted by Crippen LogP contribution is -2.11. The minimum atomic E-state index is -0.0596. The Morgan fingerprint density at radius 3 is 2.91 bits per heavy atom. The van der Waals surface area contributed by atoms with Gasteiger partial charge in [0.05, 0.1) is 12.5 Å². The number of nitrogens with zero attached hydrogens (tertiary/aromatic N) is 1. The van der Waals surface area contributed by atoms with E-state index in [1.165, 1.54) is 0 Å². The van der Waals surface area contributed by atoms with Gasteiger partial charge in [0.25, 0.3) is 5.56 Å². The third kappa shape index (κ3) is 2.52. The average molecular weight is 314 g/mol. The Labute approximate surface area is 132 Å². The number of aryl methyl sites for hydroxylation is 2. The van der Waals surface area contributed by atoms with Crippen molar-refractivity contribution in [2.24, 2.45) is 0 Å². The first kappa shape index (κ1) is 14.8. The maximum absolute atomic E-state index is 12.5. The Kier molecular flexibility index (Phi) is 3.98. The van der Waals surface area contributed by atoms with E-state index in [2.05, 4.69) is 16.9 Å². The predicted molar refractivity (Wildman–Crippen MR) is 91.0 cm³/mol. The van der Waals surface area contributed by atoms with Crippen LogP contribution in [-0.2, 0) is 6.42 Å². The normalized spacial score (nSPS) is 11.0. The fourth-order valence-corrected chi connectivity index (χ4v) is 3.71. The van der Waals surface area contributed by atoms with E-state index >= 15 is 0 Å². The first-order valence-corrected chi connectivity index (χ1v) is 8.12. The molecule has 0 radical (unpaired) electrons. The molecule has 2 heterocycles. The summed E-state index contributed by atoms with van der Waals surface area (Å²) < 4.78 is 5.29. The monoisotopic (exact) mass is 314 g/mol. The molecule has 0 unspecified atom stereocenters. The number of aromatic nitrogens is 2. The van der Waals surface area contributed by atoms with E-state index in [4.69, 9.17) is 4.74 Å². The van der Waals surface area contributed by atoms with Crippen molar-refractivity contribution in [3.8, 4) is 16.9 Å². The molecule has 0 aliphatic carbocycles. The third-order valence-corrected chi connectivity index (χ3v) is 4.63. The van der Waals surface area contributed by atoms with Crippen molar-refractivity contribution < 1.29 is 4.74 Å². The summed E-state index contributed by atoms with van der Waals surface area (Å²) in [6.07, 6.45) is 1.75. The van der Waals surface area contributed by atoms with Crippen LogP contribution >= 0.6 is 11.3 Å².